The summed E-state index contributed by atoms with van der Waals surface area (Å²) in [7, 11) is 0. The lowest BCUT2D eigenvalue weighted by Gasteiger charge is -2.28. The first kappa shape index (κ1) is 14.9. The fourth-order valence-corrected chi connectivity index (χ4v) is 2.89. The molecule has 1 amide bonds. The maximum Gasteiger partial charge on any atom is 0.291 e. The summed E-state index contributed by atoms with van der Waals surface area (Å²) in [4.78, 5) is 22.8. The number of aromatic nitrogens is 7. The van der Waals surface area contributed by atoms with Gasteiger partial charge in [-0.1, -0.05) is 0 Å². The largest absolute Gasteiger partial charge is 0.331 e. The van der Waals surface area contributed by atoms with Gasteiger partial charge in [-0.25, -0.2) is 0 Å². The molecule has 25 heavy (non-hydrogen) atoms. The standard InChI is InChI=1S/C15H13N9O/c1-9-12(4-16)11-2-3-23(6-10(11)5-17-9)14(25)13-20-15(22-21-13)24-7-18-19-8-24/h5,7-8H,2-3,6H2,1H3,(H,20,21,22). The molecular formula is C15H13N9O. The summed E-state index contributed by atoms with van der Waals surface area (Å²) in [5, 5.41) is 23.3. The van der Waals surface area contributed by atoms with Crippen molar-refractivity contribution in [3.63, 3.8) is 0 Å². The van der Waals surface area contributed by atoms with Gasteiger partial charge in [-0.05, 0) is 24.5 Å². The fourth-order valence-electron chi connectivity index (χ4n) is 2.89. The zero-order chi connectivity index (χ0) is 17.4. The number of hydrogen-bond acceptors (Lipinski definition) is 7. The molecule has 0 atom stereocenters. The van der Waals surface area contributed by atoms with E-state index >= 15 is 0 Å². The molecule has 0 bridgehead atoms. The quantitative estimate of drug-likeness (QED) is 0.706. The van der Waals surface area contributed by atoms with Crippen LogP contribution < -0.4 is 0 Å². The molecule has 0 aliphatic carbocycles. The van der Waals surface area contributed by atoms with Crippen LogP contribution in [0, 0.1) is 18.3 Å². The molecule has 4 rings (SSSR count). The number of H-pyrrole nitrogens is 1. The van der Waals surface area contributed by atoms with Crippen molar-refractivity contribution >= 4 is 5.91 Å². The Kier molecular flexibility index (Phi) is 3.46. The number of pyridine rings is 1. The molecule has 1 aliphatic rings. The smallest absolute Gasteiger partial charge is 0.291 e. The predicted molar refractivity (Wildman–Crippen MR) is 83.4 cm³/mol. The highest BCUT2D eigenvalue weighted by atomic mass is 16.2. The molecule has 0 aromatic carbocycles. The molecule has 0 unspecified atom stereocenters. The van der Waals surface area contributed by atoms with E-state index in [1.165, 1.54) is 17.2 Å². The van der Waals surface area contributed by atoms with E-state index in [1.54, 1.807) is 11.1 Å². The lowest BCUT2D eigenvalue weighted by atomic mass is 9.95. The van der Waals surface area contributed by atoms with Crippen LogP contribution in [0.1, 0.15) is 33.0 Å². The third-order valence-corrected chi connectivity index (χ3v) is 4.18. The summed E-state index contributed by atoms with van der Waals surface area (Å²) in [5.41, 5.74) is 3.19. The number of aryl methyl sites for hydroxylation is 1. The average Bonchev–Trinajstić information content (AvgIpc) is 3.32. The minimum atomic E-state index is -0.253. The third-order valence-electron chi connectivity index (χ3n) is 4.18. The second-order valence-corrected chi connectivity index (χ2v) is 5.66. The summed E-state index contributed by atoms with van der Waals surface area (Å²) in [6.07, 6.45) is 5.24. The molecule has 10 heteroatoms. The average molecular weight is 335 g/mol. The van der Waals surface area contributed by atoms with Crippen LogP contribution in [0.4, 0.5) is 0 Å². The van der Waals surface area contributed by atoms with Crippen LogP contribution in [0.5, 0.6) is 0 Å². The number of rotatable bonds is 2. The number of nitrogens with zero attached hydrogens (tertiary/aromatic N) is 8. The fraction of sp³-hybridized carbons (Fsp3) is 0.267. The maximum atomic E-state index is 12.7. The molecule has 124 valence electrons. The zero-order valence-electron chi connectivity index (χ0n) is 13.3. The maximum absolute atomic E-state index is 12.7. The van der Waals surface area contributed by atoms with Gasteiger partial charge < -0.3 is 4.90 Å². The minimum absolute atomic E-state index is 0.146. The topological polar surface area (TPSA) is 129 Å². The normalized spacial score (nSPS) is 13.4. The number of carbonyl (C=O) groups is 1. The van der Waals surface area contributed by atoms with Crippen LogP contribution in [0.3, 0.4) is 0 Å². The van der Waals surface area contributed by atoms with E-state index in [4.69, 9.17) is 0 Å². The van der Waals surface area contributed by atoms with Gasteiger partial charge in [0.25, 0.3) is 11.9 Å². The Morgan fingerprint density at radius 2 is 2.16 bits per heavy atom. The second kappa shape index (κ2) is 5.79. The summed E-state index contributed by atoms with van der Waals surface area (Å²) in [6.45, 7) is 2.71. The number of aromatic amines is 1. The molecule has 1 N–H and O–H groups in total. The summed E-state index contributed by atoms with van der Waals surface area (Å²) < 4.78 is 1.50. The van der Waals surface area contributed by atoms with Gasteiger partial charge in [0, 0.05) is 19.3 Å². The number of carbonyl (C=O) groups excluding carboxylic acids is 1. The number of nitrogens with one attached hydrogen (secondary N) is 1. The van der Waals surface area contributed by atoms with Crippen molar-refractivity contribution in [3.05, 3.63) is 47.1 Å². The molecule has 1 aliphatic heterocycles. The van der Waals surface area contributed by atoms with E-state index in [9.17, 15) is 10.1 Å². The van der Waals surface area contributed by atoms with Crippen LogP contribution in [0.2, 0.25) is 0 Å². The van der Waals surface area contributed by atoms with Crippen molar-refractivity contribution in [2.24, 2.45) is 0 Å². The highest BCUT2D eigenvalue weighted by molar-refractivity contribution is 5.90. The SMILES string of the molecule is Cc1ncc2c(c1C#N)CCN(C(=O)c1nc(-n3cnnc3)n[nH]1)C2. The molecule has 3 aromatic heterocycles. The van der Waals surface area contributed by atoms with Crippen molar-refractivity contribution in [1.82, 2.24) is 39.8 Å². The van der Waals surface area contributed by atoms with Gasteiger partial charge in [0.1, 0.15) is 18.7 Å². The van der Waals surface area contributed by atoms with Crippen molar-refractivity contribution in [2.45, 2.75) is 19.9 Å². The van der Waals surface area contributed by atoms with Crippen molar-refractivity contribution in [1.29, 1.82) is 5.26 Å². The van der Waals surface area contributed by atoms with Gasteiger partial charge in [-0.3, -0.25) is 19.4 Å². The van der Waals surface area contributed by atoms with E-state index in [0.717, 1.165) is 16.8 Å². The van der Waals surface area contributed by atoms with Gasteiger partial charge in [0.2, 0.25) is 5.82 Å². The molecule has 0 fully saturated rings. The number of nitriles is 1. The number of fused-ring (bicyclic) bond motifs is 1. The minimum Gasteiger partial charge on any atom is -0.331 e. The Balaban J connectivity index is 1.58. The Morgan fingerprint density at radius 1 is 1.36 bits per heavy atom. The molecule has 4 heterocycles. The predicted octanol–water partition coefficient (Wildman–Crippen LogP) is 0.159. The van der Waals surface area contributed by atoms with Crippen molar-refractivity contribution in [2.75, 3.05) is 6.54 Å². The first-order valence-corrected chi connectivity index (χ1v) is 7.61. The third kappa shape index (κ3) is 2.51. The molecule has 3 aromatic rings. The first-order valence-electron chi connectivity index (χ1n) is 7.61. The number of amides is 1. The van der Waals surface area contributed by atoms with Gasteiger partial charge in [0.05, 0.1) is 11.3 Å². The van der Waals surface area contributed by atoms with Gasteiger partial charge in [-0.2, -0.15) is 10.2 Å². The van der Waals surface area contributed by atoms with Crippen LogP contribution in [-0.2, 0) is 13.0 Å². The number of hydrogen-bond donors (Lipinski definition) is 1. The van der Waals surface area contributed by atoms with E-state index in [2.05, 4.69) is 36.4 Å². The highest BCUT2D eigenvalue weighted by Crippen LogP contribution is 2.24. The Hall–Kier alpha value is -3.61. The van der Waals surface area contributed by atoms with Gasteiger partial charge in [-0.15, -0.1) is 15.3 Å². The molecular weight excluding hydrogens is 322 g/mol. The zero-order valence-corrected chi connectivity index (χ0v) is 13.3. The van der Waals surface area contributed by atoms with E-state index in [-0.39, 0.29) is 11.7 Å². The molecule has 0 spiro atoms. The van der Waals surface area contributed by atoms with E-state index < -0.39 is 0 Å². The summed E-state index contributed by atoms with van der Waals surface area (Å²) in [6, 6.07) is 2.21. The first-order chi connectivity index (χ1) is 12.2. The lowest BCUT2D eigenvalue weighted by molar-refractivity contribution is 0.0722. The van der Waals surface area contributed by atoms with Crippen LogP contribution >= 0.6 is 0 Å². The molecule has 0 radical (unpaired) electrons. The monoisotopic (exact) mass is 335 g/mol. The van der Waals surface area contributed by atoms with Gasteiger partial charge in [0.15, 0.2) is 0 Å². The molecule has 10 nitrogen and oxygen atoms in total. The van der Waals surface area contributed by atoms with Crippen LogP contribution in [0.25, 0.3) is 5.95 Å². The van der Waals surface area contributed by atoms with Gasteiger partial charge >= 0.3 is 0 Å². The van der Waals surface area contributed by atoms with Crippen LogP contribution in [0.15, 0.2) is 18.9 Å². The summed E-state index contributed by atoms with van der Waals surface area (Å²) >= 11 is 0. The lowest BCUT2D eigenvalue weighted by Crippen LogP contribution is -2.37. The van der Waals surface area contributed by atoms with Crippen molar-refractivity contribution in [3.8, 4) is 12.0 Å². The van der Waals surface area contributed by atoms with E-state index in [1.807, 2.05) is 6.92 Å². The Bertz CT molecular complexity index is 983. The van der Waals surface area contributed by atoms with E-state index in [0.29, 0.717) is 31.0 Å². The van der Waals surface area contributed by atoms with Crippen molar-refractivity contribution < 1.29 is 4.79 Å². The van der Waals surface area contributed by atoms with Crippen LogP contribution in [-0.4, -0.2) is 52.3 Å². The molecule has 0 saturated heterocycles. The molecule has 0 saturated carbocycles. The Labute approximate surface area is 142 Å². The second-order valence-electron chi connectivity index (χ2n) is 5.66. The Morgan fingerprint density at radius 3 is 2.92 bits per heavy atom. The highest BCUT2D eigenvalue weighted by Gasteiger charge is 2.26. The summed E-state index contributed by atoms with van der Waals surface area (Å²) in [5.74, 6) is 0.194.